The first kappa shape index (κ1) is 29.1. The van der Waals surface area contributed by atoms with Crippen LogP contribution < -0.4 is 0 Å². The standard InChI is InChI=1S/C31H46ClNO3/c1-9-27(3,4)12-13-28(5,26(32)36)14-15-29(6)18-22(34)16-24-30(7)17-21(19-33)25(35)20(2)23(30)10-11-31(24,29)8/h17,20,23-24H,9-16,18H2,1-8H3/t20-,23-,24+,28-,29+,30-,31+/m0/s1. The van der Waals surface area contributed by atoms with E-state index in [1.807, 2.05) is 19.9 Å². The number of nitrogens with zero attached hydrogens (tertiary/aromatic N) is 1. The van der Waals surface area contributed by atoms with Crippen LogP contribution in [-0.4, -0.2) is 16.8 Å². The summed E-state index contributed by atoms with van der Waals surface area (Å²) in [6.45, 7) is 17.3. The zero-order valence-corrected chi connectivity index (χ0v) is 24.5. The van der Waals surface area contributed by atoms with Gasteiger partial charge in [0.05, 0.1) is 5.57 Å². The van der Waals surface area contributed by atoms with Gasteiger partial charge in [-0.05, 0) is 83.6 Å². The van der Waals surface area contributed by atoms with Crippen LogP contribution in [0, 0.1) is 56.2 Å². The van der Waals surface area contributed by atoms with Crippen molar-refractivity contribution in [3.63, 3.8) is 0 Å². The minimum atomic E-state index is -0.621. The predicted octanol–water partition coefficient (Wildman–Crippen LogP) is 7.83. The van der Waals surface area contributed by atoms with Crippen molar-refractivity contribution < 1.29 is 14.4 Å². The highest BCUT2D eigenvalue weighted by Gasteiger charge is 2.64. The van der Waals surface area contributed by atoms with Crippen LogP contribution in [0.3, 0.4) is 0 Å². The molecule has 0 amide bonds. The van der Waals surface area contributed by atoms with Crippen LogP contribution in [0.2, 0.25) is 0 Å². The van der Waals surface area contributed by atoms with E-state index in [0.717, 1.165) is 38.5 Å². The summed E-state index contributed by atoms with van der Waals surface area (Å²) in [5.41, 5.74) is -1.00. The predicted molar refractivity (Wildman–Crippen MR) is 144 cm³/mol. The SMILES string of the molecule is CCC(C)(C)CC[C@@](C)(CC[C@]1(C)CC(=O)C[C@@H]2[C@@]3(C)C=C(C#N)C(=O)[C@@H](C)[C@@H]3CC[C@]21C)C(=O)Cl. The number of fused-ring (bicyclic) bond motifs is 3. The zero-order chi connectivity index (χ0) is 27.3. The molecule has 0 unspecified atom stereocenters. The van der Waals surface area contributed by atoms with Crippen LogP contribution in [0.5, 0.6) is 0 Å². The number of carbonyl (C=O) groups excluding carboxylic acids is 3. The molecule has 2 fully saturated rings. The molecule has 0 spiro atoms. The molecule has 3 aliphatic rings. The summed E-state index contributed by atoms with van der Waals surface area (Å²) in [6, 6.07) is 2.15. The maximum Gasteiger partial charge on any atom is 0.227 e. The highest BCUT2D eigenvalue weighted by atomic mass is 35.5. The maximum absolute atomic E-state index is 13.3. The highest BCUT2D eigenvalue weighted by molar-refractivity contribution is 6.64. The van der Waals surface area contributed by atoms with Gasteiger partial charge in [-0.25, -0.2) is 0 Å². The number of allylic oxidation sites excluding steroid dienone is 2. The Labute approximate surface area is 223 Å². The fraction of sp³-hybridized carbons (Fsp3) is 0.806. The molecule has 5 heteroatoms. The molecule has 0 N–H and O–H groups in total. The molecule has 0 aliphatic heterocycles. The van der Waals surface area contributed by atoms with Crippen molar-refractivity contribution >= 4 is 28.4 Å². The molecular formula is C31H46ClNO3. The molecule has 0 bridgehead atoms. The van der Waals surface area contributed by atoms with Crippen LogP contribution >= 0.6 is 11.6 Å². The minimum absolute atomic E-state index is 0.0557. The van der Waals surface area contributed by atoms with E-state index in [2.05, 4.69) is 47.6 Å². The third-order valence-corrected chi connectivity index (χ3v) is 12.0. The molecule has 0 saturated heterocycles. The summed E-state index contributed by atoms with van der Waals surface area (Å²) in [5, 5.41) is 9.42. The molecule has 0 heterocycles. The molecule has 2 saturated carbocycles. The molecule has 7 atom stereocenters. The first-order valence-electron chi connectivity index (χ1n) is 13.9. The molecule has 0 aromatic heterocycles. The summed E-state index contributed by atoms with van der Waals surface area (Å²) < 4.78 is 0. The Morgan fingerprint density at radius 1 is 1.17 bits per heavy atom. The summed E-state index contributed by atoms with van der Waals surface area (Å²) in [4.78, 5) is 38.8. The molecule has 3 rings (SSSR count). The zero-order valence-electron chi connectivity index (χ0n) is 23.7. The Morgan fingerprint density at radius 3 is 2.36 bits per heavy atom. The van der Waals surface area contributed by atoms with Crippen molar-refractivity contribution in [3.05, 3.63) is 11.6 Å². The van der Waals surface area contributed by atoms with E-state index in [1.54, 1.807) is 0 Å². The van der Waals surface area contributed by atoms with Gasteiger partial charge in [-0.3, -0.25) is 14.4 Å². The Hall–Kier alpha value is -1.47. The van der Waals surface area contributed by atoms with Gasteiger partial charge in [-0.1, -0.05) is 67.9 Å². The lowest BCUT2D eigenvalue weighted by Gasteiger charge is -2.65. The fourth-order valence-corrected chi connectivity index (χ4v) is 8.11. The second-order valence-corrected chi connectivity index (χ2v) is 14.5. The Balaban J connectivity index is 1.95. The van der Waals surface area contributed by atoms with Crippen molar-refractivity contribution in [2.24, 2.45) is 44.8 Å². The highest BCUT2D eigenvalue weighted by Crippen LogP contribution is 2.69. The van der Waals surface area contributed by atoms with Gasteiger partial charge in [0, 0.05) is 24.2 Å². The maximum atomic E-state index is 13.3. The number of ketones is 2. The van der Waals surface area contributed by atoms with Crippen molar-refractivity contribution in [3.8, 4) is 6.07 Å². The summed E-state index contributed by atoms with van der Waals surface area (Å²) in [5.74, 6) is 0.193. The third-order valence-electron chi connectivity index (χ3n) is 11.6. The van der Waals surface area contributed by atoms with Crippen LogP contribution in [0.25, 0.3) is 0 Å². The average molecular weight is 516 g/mol. The fourth-order valence-electron chi connectivity index (χ4n) is 7.92. The van der Waals surface area contributed by atoms with E-state index in [-0.39, 0.29) is 61.8 Å². The number of hydrogen-bond acceptors (Lipinski definition) is 4. The van der Waals surface area contributed by atoms with Crippen LogP contribution in [0.15, 0.2) is 11.6 Å². The van der Waals surface area contributed by atoms with Crippen LogP contribution in [0.1, 0.15) is 113 Å². The molecule has 0 aromatic carbocycles. The quantitative estimate of drug-likeness (QED) is 0.308. The summed E-state index contributed by atoms with van der Waals surface area (Å²) in [7, 11) is 0. The smallest absolute Gasteiger partial charge is 0.227 e. The third kappa shape index (κ3) is 4.75. The largest absolute Gasteiger partial charge is 0.300 e. The second-order valence-electron chi connectivity index (χ2n) is 14.1. The number of carbonyl (C=O) groups is 3. The molecule has 36 heavy (non-hydrogen) atoms. The van der Waals surface area contributed by atoms with Crippen molar-refractivity contribution in [2.75, 3.05) is 0 Å². The van der Waals surface area contributed by atoms with Gasteiger partial charge in [-0.2, -0.15) is 5.26 Å². The first-order valence-corrected chi connectivity index (χ1v) is 14.3. The van der Waals surface area contributed by atoms with Gasteiger partial charge in [0.25, 0.3) is 0 Å². The van der Waals surface area contributed by atoms with Gasteiger partial charge >= 0.3 is 0 Å². The van der Waals surface area contributed by atoms with E-state index in [4.69, 9.17) is 11.6 Å². The Bertz CT molecular complexity index is 1010. The molecular weight excluding hydrogens is 470 g/mol. The van der Waals surface area contributed by atoms with E-state index in [0.29, 0.717) is 19.3 Å². The van der Waals surface area contributed by atoms with Gasteiger partial charge in [0.2, 0.25) is 5.24 Å². The lowest BCUT2D eigenvalue weighted by molar-refractivity contribution is -0.167. The van der Waals surface area contributed by atoms with E-state index in [1.165, 1.54) is 0 Å². The van der Waals surface area contributed by atoms with Crippen LogP contribution in [-0.2, 0) is 14.4 Å². The normalized spacial score (nSPS) is 38.3. The van der Waals surface area contributed by atoms with Crippen molar-refractivity contribution in [1.29, 1.82) is 5.26 Å². The molecule has 0 radical (unpaired) electrons. The van der Waals surface area contributed by atoms with Crippen LogP contribution in [0.4, 0.5) is 0 Å². The minimum Gasteiger partial charge on any atom is -0.300 e. The Morgan fingerprint density at radius 2 is 1.81 bits per heavy atom. The molecule has 200 valence electrons. The summed E-state index contributed by atoms with van der Waals surface area (Å²) >= 11 is 6.22. The molecule has 4 nitrogen and oxygen atoms in total. The van der Waals surface area contributed by atoms with E-state index < -0.39 is 5.41 Å². The van der Waals surface area contributed by atoms with Gasteiger partial charge in [0.15, 0.2) is 5.78 Å². The number of rotatable bonds is 8. The Kier molecular flexibility index (Phi) is 7.83. The van der Waals surface area contributed by atoms with E-state index >= 15 is 0 Å². The molecule has 3 aliphatic carbocycles. The topological polar surface area (TPSA) is 75.0 Å². The lowest BCUT2D eigenvalue weighted by atomic mass is 9.38. The number of Topliss-reactive ketones (excluding diaryl/α,β-unsaturated/α-hetero) is 2. The van der Waals surface area contributed by atoms with Gasteiger partial charge < -0.3 is 0 Å². The van der Waals surface area contributed by atoms with Gasteiger partial charge in [-0.15, -0.1) is 0 Å². The lowest BCUT2D eigenvalue weighted by Crippen LogP contribution is -2.61. The van der Waals surface area contributed by atoms with E-state index in [9.17, 15) is 19.6 Å². The monoisotopic (exact) mass is 515 g/mol. The number of hydrogen-bond donors (Lipinski definition) is 0. The second kappa shape index (κ2) is 9.68. The van der Waals surface area contributed by atoms with Gasteiger partial charge in [0.1, 0.15) is 11.9 Å². The number of nitriles is 1. The van der Waals surface area contributed by atoms with Crippen molar-refractivity contribution in [2.45, 2.75) is 113 Å². The van der Waals surface area contributed by atoms with Crippen molar-refractivity contribution in [1.82, 2.24) is 0 Å². The average Bonchev–Trinajstić information content (AvgIpc) is 2.80. The molecule has 0 aromatic rings. The number of halogens is 1. The summed E-state index contributed by atoms with van der Waals surface area (Å²) in [6.07, 6.45) is 8.92. The first-order chi connectivity index (χ1) is 16.5.